The lowest BCUT2D eigenvalue weighted by Crippen LogP contribution is -2.39. The van der Waals surface area contributed by atoms with E-state index < -0.39 is 6.67 Å². The molecule has 0 spiro atoms. The molecule has 1 saturated carbocycles. The highest BCUT2D eigenvalue weighted by atomic mass is 19.1. The second-order valence-corrected chi connectivity index (χ2v) is 6.46. The summed E-state index contributed by atoms with van der Waals surface area (Å²) in [7, 11) is 1.65. The average Bonchev–Trinajstić information content (AvgIpc) is 3.24. The first-order chi connectivity index (χ1) is 13.2. The normalized spacial score (nSPS) is 19.8. The van der Waals surface area contributed by atoms with Crippen LogP contribution in [0.25, 0.3) is 5.95 Å². The molecule has 146 valence electrons. The van der Waals surface area contributed by atoms with Crippen LogP contribution < -0.4 is 5.32 Å². The van der Waals surface area contributed by atoms with Crippen LogP contribution in [-0.2, 0) is 16.1 Å². The fourth-order valence-corrected chi connectivity index (χ4v) is 3.09. The SMILES string of the molecule is COCCO[C@H]1CC[C@H](NC(=O)c2cc(CF)nc(-n3ccnc3)n2)CC1. The van der Waals surface area contributed by atoms with Crippen molar-refractivity contribution < 1.29 is 18.7 Å². The summed E-state index contributed by atoms with van der Waals surface area (Å²) in [5.41, 5.74) is 0.314. The van der Waals surface area contributed by atoms with E-state index in [2.05, 4.69) is 20.3 Å². The number of methoxy groups -OCH3 is 1. The second-order valence-electron chi connectivity index (χ2n) is 6.46. The number of rotatable bonds is 8. The molecule has 0 atom stereocenters. The Hall–Kier alpha value is -2.39. The van der Waals surface area contributed by atoms with Crippen molar-refractivity contribution >= 4 is 5.91 Å². The van der Waals surface area contributed by atoms with Crippen molar-refractivity contribution in [1.82, 2.24) is 24.8 Å². The molecule has 0 aliphatic heterocycles. The molecule has 0 unspecified atom stereocenters. The first kappa shape index (κ1) is 19.4. The number of imidazole rings is 1. The van der Waals surface area contributed by atoms with Gasteiger partial charge in [-0.1, -0.05) is 0 Å². The van der Waals surface area contributed by atoms with Gasteiger partial charge in [-0.15, -0.1) is 0 Å². The van der Waals surface area contributed by atoms with Gasteiger partial charge in [-0.2, -0.15) is 0 Å². The van der Waals surface area contributed by atoms with Crippen LogP contribution in [0.3, 0.4) is 0 Å². The third-order valence-electron chi connectivity index (χ3n) is 4.52. The monoisotopic (exact) mass is 377 g/mol. The van der Waals surface area contributed by atoms with E-state index in [0.29, 0.717) is 13.2 Å². The zero-order chi connectivity index (χ0) is 19.1. The van der Waals surface area contributed by atoms with E-state index in [1.165, 1.54) is 12.4 Å². The van der Waals surface area contributed by atoms with Crippen LogP contribution in [-0.4, -0.2) is 57.9 Å². The minimum absolute atomic E-state index is 0.0558. The molecule has 1 aliphatic carbocycles. The van der Waals surface area contributed by atoms with E-state index in [1.807, 2.05) is 0 Å². The van der Waals surface area contributed by atoms with Gasteiger partial charge in [0.25, 0.3) is 5.91 Å². The first-order valence-corrected chi connectivity index (χ1v) is 9.03. The first-order valence-electron chi connectivity index (χ1n) is 9.03. The smallest absolute Gasteiger partial charge is 0.270 e. The van der Waals surface area contributed by atoms with Crippen molar-refractivity contribution in [2.75, 3.05) is 20.3 Å². The number of ether oxygens (including phenoxy) is 2. The number of nitrogens with zero attached hydrogens (tertiary/aromatic N) is 4. The number of halogens is 1. The number of aromatic nitrogens is 4. The lowest BCUT2D eigenvalue weighted by Gasteiger charge is -2.29. The molecule has 0 saturated heterocycles. The molecule has 1 N–H and O–H groups in total. The van der Waals surface area contributed by atoms with Crippen LogP contribution in [0, 0.1) is 0 Å². The number of nitrogens with one attached hydrogen (secondary N) is 1. The summed E-state index contributed by atoms with van der Waals surface area (Å²) >= 11 is 0. The second kappa shape index (κ2) is 9.52. The van der Waals surface area contributed by atoms with E-state index in [9.17, 15) is 9.18 Å². The van der Waals surface area contributed by atoms with Crippen molar-refractivity contribution in [3.05, 3.63) is 36.2 Å². The van der Waals surface area contributed by atoms with Crippen LogP contribution in [0.15, 0.2) is 24.8 Å². The van der Waals surface area contributed by atoms with Gasteiger partial charge in [0.2, 0.25) is 5.95 Å². The molecule has 2 aromatic heterocycles. The van der Waals surface area contributed by atoms with E-state index in [-0.39, 0.29) is 35.4 Å². The number of hydrogen-bond acceptors (Lipinski definition) is 6. The lowest BCUT2D eigenvalue weighted by molar-refractivity contribution is -0.00409. The summed E-state index contributed by atoms with van der Waals surface area (Å²) in [5.74, 6) is -0.0970. The van der Waals surface area contributed by atoms with Crippen LogP contribution in [0.4, 0.5) is 4.39 Å². The number of alkyl halides is 1. The molecule has 1 aliphatic rings. The number of carbonyl (C=O) groups is 1. The Morgan fingerprint density at radius 1 is 1.30 bits per heavy atom. The van der Waals surface area contributed by atoms with Gasteiger partial charge in [0.1, 0.15) is 18.7 Å². The molecule has 0 radical (unpaired) electrons. The van der Waals surface area contributed by atoms with Crippen LogP contribution in [0.2, 0.25) is 0 Å². The topological polar surface area (TPSA) is 91.2 Å². The lowest BCUT2D eigenvalue weighted by atomic mass is 9.93. The summed E-state index contributed by atoms with van der Waals surface area (Å²) in [6.07, 6.45) is 8.35. The van der Waals surface area contributed by atoms with Crippen molar-refractivity contribution in [3.63, 3.8) is 0 Å². The molecule has 0 bridgehead atoms. The zero-order valence-corrected chi connectivity index (χ0v) is 15.3. The summed E-state index contributed by atoms with van der Waals surface area (Å²) in [4.78, 5) is 24.9. The van der Waals surface area contributed by atoms with Gasteiger partial charge in [-0.25, -0.2) is 19.3 Å². The van der Waals surface area contributed by atoms with Gasteiger partial charge in [0.05, 0.1) is 25.0 Å². The highest BCUT2D eigenvalue weighted by molar-refractivity contribution is 5.92. The predicted molar refractivity (Wildman–Crippen MR) is 95.3 cm³/mol. The van der Waals surface area contributed by atoms with E-state index in [0.717, 1.165) is 25.7 Å². The van der Waals surface area contributed by atoms with E-state index >= 15 is 0 Å². The maximum Gasteiger partial charge on any atom is 0.270 e. The summed E-state index contributed by atoms with van der Waals surface area (Å²) < 4.78 is 25.4. The highest BCUT2D eigenvalue weighted by Gasteiger charge is 2.24. The molecule has 1 fully saturated rings. The maximum atomic E-state index is 13.1. The van der Waals surface area contributed by atoms with Gasteiger partial charge in [-0.05, 0) is 31.7 Å². The molecular formula is C18H24FN5O3. The van der Waals surface area contributed by atoms with Gasteiger partial charge < -0.3 is 14.8 Å². The minimum Gasteiger partial charge on any atom is -0.382 e. The van der Waals surface area contributed by atoms with Crippen molar-refractivity contribution in [2.45, 2.75) is 44.5 Å². The number of hydrogen-bond donors (Lipinski definition) is 1. The van der Waals surface area contributed by atoms with Crippen LogP contribution >= 0.6 is 0 Å². The highest BCUT2D eigenvalue weighted by Crippen LogP contribution is 2.21. The van der Waals surface area contributed by atoms with Crippen molar-refractivity contribution in [3.8, 4) is 5.95 Å². The molecular weight excluding hydrogens is 353 g/mol. The van der Waals surface area contributed by atoms with E-state index in [4.69, 9.17) is 9.47 Å². The zero-order valence-electron chi connectivity index (χ0n) is 15.3. The third-order valence-corrected chi connectivity index (χ3v) is 4.52. The average molecular weight is 377 g/mol. The van der Waals surface area contributed by atoms with Crippen LogP contribution in [0.1, 0.15) is 41.9 Å². The fourth-order valence-electron chi connectivity index (χ4n) is 3.09. The van der Waals surface area contributed by atoms with Gasteiger partial charge in [0, 0.05) is 25.5 Å². The fraction of sp³-hybridized carbons (Fsp3) is 0.556. The van der Waals surface area contributed by atoms with Crippen molar-refractivity contribution in [1.29, 1.82) is 0 Å². The quantitative estimate of drug-likeness (QED) is 0.706. The molecule has 2 aromatic rings. The summed E-state index contributed by atoms with van der Waals surface area (Å²) in [5, 5.41) is 2.99. The Morgan fingerprint density at radius 3 is 2.78 bits per heavy atom. The molecule has 9 heteroatoms. The molecule has 2 heterocycles. The van der Waals surface area contributed by atoms with Gasteiger partial charge in [0.15, 0.2) is 0 Å². The Kier molecular flexibility index (Phi) is 6.83. The van der Waals surface area contributed by atoms with E-state index in [1.54, 1.807) is 24.1 Å². The molecule has 27 heavy (non-hydrogen) atoms. The summed E-state index contributed by atoms with van der Waals surface area (Å²) in [6, 6.07) is 1.44. The molecule has 8 nitrogen and oxygen atoms in total. The molecule has 0 aromatic carbocycles. The molecule has 3 rings (SSSR count). The molecule has 1 amide bonds. The van der Waals surface area contributed by atoms with Gasteiger partial charge in [-0.3, -0.25) is 9.36 Å². The predicted octanol–water partition coefficient (Wildman–Crippen LogP) is 1.84. The standard InChI is InChI=1S/C18H24FN5O3/c1-26-8-9-27-15-4-2-13(3-5-15)21-17(25)16-10-14(11-19)22-18(23-16)24-7-6-20-12-24/h6-7,10,12-13,15H,2-5,8-9,11H2,1H3,(H,21,25)/t13-,15-. The Labute approximate surface area is 157 Å². The number of amides is 1. The third kappa shape index (κ3) is 5.30. The Morgan fingerprint density at radius 2 is 2.11 bits per heavy atom. The van der Waals surface area contributed by atoms with Crippen LogP contribution in [0.5, 0.6) is 0 Å². The Balaban J connectivity index is 1.59. The summed E-state index contributed by atoms with van der Waals surface area (Å²) in [6.45, 7) is 0.400. The van der Waals surface area contributed by atoms with Crippen molar-refractivity contribution in [2.24, 2.45) is 0 Å². The van der Waals surface area contributed by atoms with Gasteiger partial charge >= 0.3 is 0 Å². The maximum absolute atomic E-state index is 13.1. The minimum atomic E-state index is -0.769. The Bertz CT molecular complexity index is 733. The number of carbonyl (C=O) groups excluding carboxylic acids is 1. The largest absolute Gasteiger partial charge is 0.382 e.